The number of rotatable bonds is 4. The predicted octanol–water partition coefficient (Wildman–Crippen LogP) is 0.494. The molecule has 0 aromatic heterocycles. The summed E-state index contributed by atoms with van der Waals surface area (Å²) in [5.41, 5.74) is 5.61. The van der Waals surface area contributed by atoms with E-state index in [9.17, 15) is 8.42 Å². The minimum absolute atomic E-state index is 0. The molecule has 7 heteroatoms. The molecule has 0 aliphatic heterocycles. The van der Waals surface area contributed by atoms with Gasteiger partial charge in [0.15, 0.2) is 15.8 Å². The monoisotopic (exact) mass is 361 g/mol. The van der Waals surface area contributed by atoms with Crippen molar-refractivity contribution >= 4 is 39.8 Å². The molecule has 1 saturated carbocycles. The summed E-state index contributed by atoms with van der Waals surface area (Å²) in [6.07, 6.45) is 3.45. The smallest absolute Gasteiger partial charge is 0.188 e. The van der Waals surface area contributed by atoms with Crippen LogP contribution in [-0.4, -0.2) is 38.0 Å². The topological polar surface area (TPSA) is 84.5 Å². The molecular weight excluding hydrogens is 341 g/mol. The largest absolute Gasteiger partial charge is 0.370 e. The quantitative estimate of drug-likeness (QED) is 0.434. The van der Waals surface area contributed by atoms with E-state index in [0.29, 0.717) is 12.0 Å². The summed E-state index contributed by atoms with van der Waals surface area (Å²) >= 11 is 0. The second-order valence-electron chi connectivity index (χ2n) is 4.65. The Labute approximate surface area is 114 Å². The number of hydrogen-bond donors (Lipinski definition) is 2. The zero-order chi connectivity index (χ0) is 11.7. The third kappa shape index (κ3) is 4.86. The van der Waals surface area contributed by atoms with Crippen molar-refractivity contribution < 1.29 is 8.42 Å². The van der Waals surface area contributed by atoms with Crippen LogP contribution in [0.2, 0.25) is 0 Å². The Kier molecular flexibility index (Phi) is 5.51. The number of sulfone groups is 1. The van der Waals surface area contributed by atoms with E-state index in [1.165, 1.54) is 6.26 Å². The first-order chi connectivity index (χ1) is 6.72. The zero-order valence-electron chi connectivity index (χ0n) is 9.86. The van der Waals surface area contributed by atoms with Gasteiger partial charge in [-0.1, -0.05) is 0 Å². The number of aliphatic imine (C=N–C) groups is 1. The normalized spacial score (nSPS) is 17.8. The second-order valence-corrected chi connectivity index (χ2v) is 7.30. The molecule has 96 valence electrons. The maximum Gasteiger partial charge on any atom is 0.188 e. The molecule has 0 atom stereocenters. The van der Waals surface area contributed by atoms with Crippen LogP contribution in [0, 0.1) is 0 Å². The number of nitrogens with zero attached hydrogens (tertiary/aromatic N) is 1. The van der Waals surface area contributed by atoms with Gasteiger partial charge in [-0.15, -0.1) is 24.0 Å². The number of nitrogens with one attached hydrogen (secondary N) is 1. The van der Waals surface area contributed by atoms with Crippen LogP contribution in [0.15, 0.2) is 4.99 Å². The first-order valence-corrected chi connectivity index (χ1v) is 6.87. The minimum atomic E-state index is -3.10. The van der Waals surface area contributed by atoms with Gasteiger partial charge in [-0.3, -0.25) is 4.99 Å². The molecule has 0 bridgehead atoms. The van der Waals surface area contributed by atoms with Gasteiger partial charge in [0.1, 0.15) is 0 Å². The minimum Gasteiger partial charge on any atom is -0.370 e. The Bertz CT molecular complexity index is 361. The second kappa shape index (κ2) is 5.52. The van der Waals surface area contributed by atoms with Crippen molar-refractivity contribution in [2.75, 3.05) is 12.8 Å². The fraction of sp³-hybridized carbons (Fsp3) is 0.889. The highest BCUT2D eigenvalue weighted by Gasteiger charge is 2.30. The van der Waals surface area contributed by atoms with Gasteiger partial charge >= 0.3 is 0 Å². The van der Waals surface area contributed by atoms with Crippen molar-refractivity contribution in [2.24, 2.45) is 10.7 Å². The summed E-state index contributed by atoms with van der Waals surface area (Å²) in [6.45, 7) is 3.49. The molecule has 0 spiro atoms. The SMILES string of the molecule is CC(C)(CN=C(N)NC1CC1)S(C)(=O)=O.I. The Morgan fingerprint density at radius 1 is 1.50 bits per heavy atom. The molecule has 0 unspecified atom stereocenters. The van der Waals surface area contributed by atoms with Gasteiger partial charge in [-0.2, -0.15) is 0 Å². The van der Waals surface area contributed by atoms with Gasteiger partial charge in [-0.25, -0.2) is 8.42 Å². The Morgan fingerprint density at radius 2 is 2.00 bits per heavy atom. The highest BCUT2D eigenvalue weighted by Crippen LogP contribution is 2.18. The maximum absolute atomic E-state index is 11.4. The van der Waals surface area contributed by atoms with E-state index in [2.05, 4.69) is 10.3 Å². The van der Waals surface area contributed by atoms with Crippen LogP contribution < -0.4 is 11.1 Å². The molecule has 3 N–H and O–H groups in total. The lowest BCUT2D eigenvalue weighted by molar-refractivity contribution is 0.555. The van der Waals surface area contributed by atoms with Crippen LogP contribution in [0.4, 0.5) is 0 Å². The van der Waals surface area contributed by atoms with Crippen LogP contribution in [-0.2, 0) is 9.84 Å². The molecule has 1 aliphatic rings. The summed E-state index contributed by atoms with van der Waals surface area (Å²) in [5.74, 6) is 0.342. The average Bonchev–Trinajstić information content (AvgIpc) is 2.83. The molecule has 1 fully saturated rings. The number of halogens is 1. The van der Waals surface area contributed by atoms with E-state index in [1.807, 2.05) is 0 Å². The molecule has 0 saturated heterocycles. The van der Waals surface area contributed by atoms with Gasteiger partial charge in [0.05, 0.1) is 11.3 Å². The van der Waals surface area contributed by atoms with Crippen molar-refractivity contribution in [3.63, 3.8) is 0 Å². The Balaban J connectivity index is 0.00000225. The summed E-state index contributed by atoms with van der Waals surface area (Å²) in [4.78, 5) is 4.05. The number of nitrogens with two attached hydrogens (primary N) is 1. The van der Waals surface area contributed by atoms with E-state index >= 15 is 0 Å². The first kappa shape index (κ1) is 16.0. The zero-order valence-corrected chi connectivity index (χ0v) is 13.0. The molecule has 1 rings (SSSR count). The number of guanidine groups is 1. The third-order valence-corrected chi connectivity index (χ3v) is 4.70. The highest BCUT2D eigenvalue weighted by atomic mass is 127. The molecule has 0 heterocycles. The van der Waals surface area contributed by atoms with Gasteiger partial charge < -0.3 is 11.1 Å². The number of hydrogen-bond acceptors (Lipinski definition) is 3. The Morgan fingerprint density at radius 3 is 2.38 bits per heavy atom. The van der Waals surface area contributed by atoms with Crippen molar-refractivity contribution in [3.8, 4) is 0 Å². The van der Waals surface area contributed by atoms with E-state index in [1.54, 1.807) is 13.8 Å². The summed E-state index contributed by atoms with van der Waals surface area (Å²) in [5, 5.41) is 3.01. The first-order valence-electron chi connectivity index (χ1n) is 4.98. The van der Waals surface area contributed by atoms with Crippen LogP contribution >= 0.6 is 24.0 Å². The molecule has 5 nitrogen and oxygen atoms in total. The summed E-state index contributed by atoms with van der Waals surface area (Å²) < 4.78 is 21.9. The van der Waals surface area contributed by atoms with Gasteiger partial charge in [0, 0.05) is 12.3 Å². The third-order valence-electron chi connectivity index (χ3n) is 2.56. The van der Waals surface area contributed by atoms with E-state index in [0.717, 1.165) is 12.8 Å². The summed E-state index contributed by atoms with van der Waals surface area (Å²) in [6, 6.07) is 0.440. The fourth-order valence-electron chi connectivity index (χ4n) is 0.875. The molecule has 0 radical (unpaired) electrons. The fourth-order valence-corrected chi connectivity index (χ4v) is 1.17. The van der Waals surface area contributed by atoms with E-state index in [4.69, 9.17) is 5.73 Å². The molecule has 1 aliphatic carbocycles. The van der Waals surface area contributed by atoms with Gasteiger partial charge in [0.25, 0.3) is 0 Å². The highest BCUT2D eigenvalue weighted by molar-refractivity contribution is 14.0. The van der Waals surface area contributed by atoms with Crippen molar-refractivity contribution in [1.82, 2.24) is 5.32 Å². The van der Waals surface area contributed by atoms with Gasteiger partial charge in [0.2, 0.25) is 0 Å². The van der Waals surface area contributed by atoms with Crippen LogP contribution in [0.25, 0.3) is 0 Å². The molecular formula is C9H20IN3O2S. The lowest BCUT2D eigenvalue weighted by Gasteiger charge is -2.20. The van der Waals surface area contributed by atoms with Gasteiger partial charge in [-0.05, 0) is 26.7 Å². The predicted molar refractivity (Wildman–Crippen MR) is 77.0 cm³/mol. The van der Waals surface area contributed by atoms with Crippen LogP contribution in [0.5, 0.6) is 0 Å². The maximum atomic E-state index is 11.4. The average molecular weight is 361 g/mol. The van der Waals surface area contributed by atoms with E-state index in [-0.39, 0.29) is 30.5 Å². The van der Waals surface area contributed by atoms with E-state index < -0.39 is 14.6 Å². The molecule has 16 heavy (non-hydrogen) atoms. The van der Waals surface area contributed by atoms with Crippen LogP contribution in [0.1, 0.15) is 26.7 Å². The lowest BCUT2D eigenvalue weighted by Crippen LogP contribution is -2.38. The molecule has 0 amide bonds. The Hall–Kier alpha value is -0.0500. The van der Waals surface area contributed by atoms with Crippen molar-refractivity contribution in [3.05, 3.63) is 0 Å². The van der Waals surface area contributed by atoms with Crippen LogP contribution in [0.3, 0.4) is 0 Å². The summed E-state index contributed by atoms with van der Waals surface area (Å²) in [7, 11) is -3.10. The lowest BCUT2D eigenvalue weighted by atomic mass is 10.2. The van der Waals surface area contributed by atoms with Crippen molar-refractivity contribution in [1.29, 1.82) is 0 Å². The molecule has 0 aromatic rings. The standard InChI is InChI=1S/C9H19N3O2S.HI/c1-9(2,15(3,13)14)6-11-8(10)12-7-4-5-7;/h7H,4-6H2,1-3H3,(H3,10,11,12);1H. The van der Waals surface area contributed by atoms with Crippen molar-refractivity contribution in [2.45, 2.75) is 37.5 Å². The molecule has 0 aromatic carbocycles.